The van der Waals surface area contributed by atoms with Gasteiger partial charge in [-0.15, -0.1) is 0 Å². The van der Waals surface area contributed by atoms with Crippen LogP contribution in [-0.2, 0) is 4.74 Å². The first kappa shape index (κ1) is 11.0. The first-order valence-corrected chi connectivity index (χ1v) is 5.28. The summed E-state index contributed by atoms with van der Waals surface area (Å²) in [4.78, 5) is 19.8. The van der Waals surface area contributed by atoms with Crippen LogP contribution in [-0.4, -0.2) is 34.6 Å². The fraction of sp³-hybridized carbons (Fsp3) is 0.545. The first-order valence-electron chi connectivity index (χ1n) is 5.28. The first-order chi connectivity index (χ1) is 7.61. The quantitative estimate of drug-likeness (QED) is 0.798. The minimum Gasteiger partial charge on any atom is -0.379 e. The molecule has 16 heavy (non-hydrogen) atoms. The lowest BCUT2D eigenvalue weighted by Crippen LogP contribution is -2.46. The monoisotopic (exact) mass is 221 g/mol. The molecule has 5 heteroatoms. The Morgan fingerprint density at radius 2 is 2.44 bits per heavy atom. The second-order valence-electron chi connectivity index (χ2n) is 4.34. The fourth-order valence-corrected chi connectivity index (χ4v) is 1.72. The molecule has 2 rings (SSSR count). The van der Waals surface area contributed by atoms with Crippen molar-refractivity contribution in [2.45, 2.75) is 25.8 Å². The highest BCUT2D eigenvalue weighted by atomic mass is 16.5. The average Bonchev–Trinajstić information content (AvgIpc) is 2.65. The number of nitrogens with one attached hydrogen (secondary N) is 1. The van der Waals surface area contributed by atoms with E-state index in [1.54, 1.807) is 6.92 Å². The van der Waals surface area contributed by atoms with Crippen molar-refractivity contribution in [2.75, 3.05) is 13.2 Å². The van der Waals surface area contributed by atoms with Gasteiger partial charge in [0, 0.05) is 12.8 Å². The smallest absolute Gasteiger partial charge is 0.255 e. The predicted octanol–water partition coefficient (Wildman–Crippen LogP) is 0.694. The molecule has 1 saturated heterocycles. The number of aryl methyl sites for hydroxylation is 1. The summed E-state index contributed by atoms with van der Waals surface area (Å²) in [6, 6.07) is 0. The van der Waals surface area contributed by atoms with Crippen molar-refractivity contribution in [1.29, 1.82) is 0 Å². The lowest BCUT2D eigenvalue weighted by Gasteiger charge is -2.23. The molecular weight excluding hydrogens is 206 g/mol. The molecule has 1 amide bonds. The zero-order valence-electron chi connectivity index (χ0n) is 9.49. The Balaban J connectivity index is 2.11. The number of hydrogen-bond acceptors (Lipinski definition) is 4. The number of nitrogens with zero attached hydrogens (tertiary/aromatic N) is 2. The standard InChI is InChI=1S/C11H15N3O2/c1-8-9(5-12-7-13-8)10(15)14-11(2)3-4-16-6-11/h5,7H,3-4,6H2,1-2H3,(H,14,15). The second kappa shape index (κ2) is 4.17. The molecule has 0 saturated carbocycles. The van der Waals surface area contributed by atoms with Crippen LogP contribution < -0.4 is 5.32 Å². The molecule has 0 bridgehead atoms. The summed E-state index contributed by atoms with van der Waals surface area (Å²) in [6.45, 7) is 5.04. The number of carbonyl (C=O) groups excluding carboxylic acids is 1. The highest BCUT2D eigenvalue weighted by Crippen LogP contribution is 2.18. The van der Waals surface area contributed by atoms with Crippen molar-refractivity contribution in [3.8, 4) is 0 Å². The van der Waals surface area contributed by atoms with E-state index in [0.29, 0.717) is 24.5 Å². The van der Waals surface area contributed by atoms with Crippen LogP contribution in [0.4, 0.5) is 0 Å². The Labute approximate surface area is 94.2 Å². The van der Waals surface area contributed by atoms with Crippen LogP contribution in [0.25, 0.3) is 0 Å². The van der Waals surface area contributed by atoms with E-state index >= 15 is 0 Å². The van der Waals surface area contributed by atoms with Gasteiger partial charge in [0.05, 0.1) is 23.4 Å². The van der Waals surface area contributed by atoms with E-state index in [1.165, 1.54) is 12.5 Å². The lowest BCUT2D eigenvalue weighted by molar-refractivity contribution is 0.0888. The molecule has 2 heterocycles. The Hall–Kier alpha value is -1.49. The topological polar surface area (TPSA) is 64.1 Å². The third-order valence-corrected chi connectivity index (χ3v) is 2.79. The van der Waals surface area contributed by atoms with Crippen molar-refractivity contribution < 1.29 is 9.53 Å². The highest BCUT2D eigenvalue weighted by Gasteiger charge is 2.31. The van der Waals surface area contributed by atoms with E-state index in [9.17, 15) is 4.79 Å². The fourth-order valence-electron chi connectivity index (χ4n) is 1.72. The lowest BCUT2D eigenvalue weighted by atomic mass is 10.0. The Morgan fingerprint density at radius 3 is 3.06 bits per heavy atom. The maximum absolute atomic E-state index is 12.0. The van der Waals surface area contributed by atoms with Crippen molar-refractivity contribution in [1.82, 2.24) is 15.3 Å². The molecule has 1 unspecified atom stereocenters. The number of rotatable bonds is 2. The normalized spacial score (nSPS) is 24.4. The highest BCUT2D eigenvalue weighted by molar-refractivity contribution is 5.95. The Morgan fingerprint density at radius 1 is 1.62 bits per heavy atom. The van der Waals surface area contributed by atoms with Gasteiger partial charge in [-0.3, -0.25) is 4.79 Å². The average molecular weight is 221 g/mol. The minimum atomic E-state index is -0.265. The summed E-state index contributed by atoms with van der Waals surface area (Å²) in [5, 5.41) is 2.97. The minimum absolute atomic E-state index is 0.133. The number of carbonyl (C=O) groups is 1. The summed E-state index contributed by atoms with van der Waals surface area (Å²) in [6.07, 6.45) is 3.81. The molecule has 0 aromatic carbocycles. The Kier molecular flexibility index (Phi) is 2.87. The van der Waals surface area contributed by atoms with Gasteiger partial charge in [0.1, 0.15) is 6.33 Å². The van der Waals surface area contributed by atoms with Gasteiger partial charge in [0.2, 0.25) is 0 Å². The van der Waals surface area contributed by atoms with Crippen LogP contribution in [0.2, 0.25) is 0 Å². The van der Waals surface area contributed by atoms with Gasteiger partial charge in [-0.05, 0) is 20.3 Å². The second-order valence-corrected chi connectivity index (χ2v) is 4.34. The third-order valence-electron chi connectivity index (χ3n) is 2.79. The summed E-state index contributed by atoms with van der Waals surface area (Å²) >= 11 is 0. The van der Waals surface area contributed by atoms with Gasteiger partial charge in [0.25, 0.3) is 5.91 Å². The maximum Gasteiger partial charge on any atom is 0.255 e. The number of hydrogen-bond donors (Lipinski definition) is 1. The van der Waals surface area contributed by atoms with Crippen LogP contribution in [0, 0.1) is 6.92 Å². The van der Waals surface area contributed by atoms with Crippen LogP contribution >= 0.6 is 0 Å². The van der Waals surface area contributed by atoms with E-state index in [2.05, 4.69) is 15.3 Å². The molecule has 1 fully saturated rings. The number of amides is 1. The van der Waals surface area contributed by atoms with Crippen LogP contribution in [0.3, 0.4) is 0 Å². The maximum atomic E-state index is 12.0. The van der Waals surface area contributed by atoms with Gasteiger partial charge in [-0.1, -0.05) is 0 Å². The zero-order chi connectivity index (χ0) is 11.6. The van der Waals surface area contributed by atoms with Gasteiger partial charge >= 0.3 is 0 Å². The molecule has 0 radical (unpaired) electrons. The van der Waals surface area contributed by atoms with Crippen LogP contribution in [0.5, 0.6) is 0 Å². The van der Waals surface area contributed by atoms with Crippen LogP contribution in [0.1, 0.15) is 29.4 Å². The molecule has 0 spiro atoms. The van der Waals surface area contributed by atoms with Gasteiger partial charge < -0.3 is 10.1 Å². The molecule has 1 atom stereocenters. The van der Waals surface area contributed by atoms with E-state index < -0.39 is 0 Å². The summed E-state index contributed by atoms with van der Waals surface area (Å²) in [5.41, 5.74) is 0.949. The van der Waals surface area contributed by atoms with Crippen LogP contribution in [0.15, 0.2) is 12.5 Å². The van der Waals surface area contributed by atoms with Gasteiger partial charge in [0.15, 0.2) is 0 Å². The Bertz CT molecular complexity index is 400. The number of aromatic nitrogens is 2. The van der Waals surface area contributed by atoms with Gasteiger partial charge in [-0.25, -0.2) is 9.97 Å². The van der Waals surface area contributed by atoms with Crippen molar-refractivity contribution in [3.63, 3.8) is 0 Å². The van der Waals surface area contributed by atoms with E-state index in [0.717, 1.165) is 6.42 Å². The van der Waals surface area contributed by atoms with E-state index in [4.69, 9.17) is 4.74 Å². The predicted molar refractivity (Wildman–Crippen MR) is 58.1 cm³/mol. The third kappa shape index (κ3) is 2.19. The van der Waals surface area contributed by atoms with E-state index in [-0.39, 0.29) is 11.4 Å². The summed E-state index contributed by atoms with van der Waals surface area (Å²) in [7, 11) is 0. The molecule has 1 aromatic heterocycles. The van der Waals surface area contributed by atoms with Crippen molar-refractivity contribution in [2.24, 2.45) is 0 Å². The molecule has 86 valence electrons. The molecular formula is C11H15N3O2. The van der Waals surface area contributed by atoms with Crippen molar-refractivity contribution >= 4 is 5.91 Å². The molecule has 1 aliphatic heterocycles. The largest absolute Gasteiger partial charge is 0.379 e. The molecule has 1 aliphatic rings. The molecule has 0 aliphatic carbocycles. The SMILES string of the molecule is Cc1ncncc1C(=O)NC1(C)CCOC1. The zero-order valence-corrected chi connectivity index (χ0v) is 9.49. The number of ether oxygens (including phenoxy) is 1. The van der Waals surface area contributed by atoms with Gasteiger partial charge in [-0.2, -0.15) is 0 Å². The summed E-state index contributed by atoms with van der Waals surface area (Å²) in [5.74, 6) is -0.133. The molecule has 1 N–H and O–H groups in total. The van der Waals surface area contributed by atoms with Crippen molar-refractivity contribution in [3.05, 3.63) is 23.8 Å². The summed E-state index contributed by atoms with van der Waals surface area (Å²) < 4.78 is 5.28. The molecule has 1 aromatic rings. The molecule has 5 nitrogen and oxygen atoms in total. The van der Waals surface area contributed by atoms with E-state index in [1.807, 2.05) is 6.92 Å².